The minimum Gasteiger partial charge on any atom is -0.370 e. The highest BCUT2D eigenvalue weighted by molar-refractivity contribution is 5.75. The minimum absolute atomic E-state index is 0.224. The largest absolute Gasteiger partial charge is 0.370 e. The number of nitrogens with two attached hydrogens (primary N) is 2. The summed E-state index contributed by atoms with van der Waals surface area (Å²) in [5, 5.41) is 0. The summed E-state index contributed by atoms with van der Waals surface area (Å²) in [5.41, 5.74) is 10.3. The second kappa shape index (κ2) is 2.71. The van der Waals surface area contributed by atoms with Gasteiger partial charge in [0, 0.05) is 6.54 Å². The molecule has 4 N–H and O–H groups in total. The summed E-state index contributed by atoms with van der Waals surface area (Å²) in [6, 6.07) is 0. The number of hydrogen-bond donors (Lipinski definition) is 2. The first-order valence-electron chi connectivity index (χ1n) is 3.34. The maximum Gasteiger partial charge on any atom is 0.185 e. The average molecular weight is 127 g/mol. The average Bonchev–Trinajstić information content (AvgIpc) is 1.60. The Labute approximate surface area is 55.1 Å². The first-order chi connectivity index (χ1) is 4.29. The number of aliphatic imine (C=N–C) groups is 1. The smallest absolute Gasteiger partial charge is 0.185 e. The lowest BCUT2D eigenvalue weighted by molar-refractivity contribution is 0.326. The standard InChI is InChI=1S/C6H13N3/c7-6(8)9-4-5-2-1-3-5/h5H,1-4H2,(H4,7,8,9). The van der Waals surface area contributed by atoms with E-state index in [4.69, 9.17) is 11.5 Å². The van der Waals surface area contributed by atoms with Gasteiger partial charge < -0.3 is 11.5 Å². The van der Waals surface area contributed by atoms with Crippen LogP contribution in [0, 0.1) is 5.92 Å². The molecular weight excluding hydrogens is 114 g/mol. The summed E-state index contributed by atoms with van der Waals surface area (Å²) in [5.74, 6) is 0.994. The highest BCUT2D eigenvalue weighted by Gasteiger charge is 2.15. The van der Waals surface area contributed by atoms with Crippen molar-refractivity contribution < 1.29 is 0 Å². The zero-order valence-electron chi connectivity index (χ0n) is 5.51. The monoisotopic (exact) mass is 127 g/mol. The Morgan fingerprint density at radius 1 is 1.44 bits per heavy atom. The van der Waals surface area contributed by atoms with Crippen molar-refractivity contribution in [3.8, 4) is 0 Å². The first-order valence-corrected chi connectivity index (χ1v) is 3.34. The van der Waals surface area contributed by atoms with Gasteiger partial charge in [0.2, 0.25) is 0 Å². The van der Waals surface area contributed by atoms with Crippen LogP contribution in [0.25, 0.3) is 0 Å². The van der Waals surface area contributed by atoms with E-state index < -0.39 is 0 Å². The van der Waals surface area contributed by atoms with E-state index in [9.17, 15) is 0 Å². The van der Waals surface area contributed by atoms with Gasteiger partial charge in [-0.1, -0.05) is 6.42 Å². The molecule has 1 fully saturated rings. The van der Waals surface area contributed by atoms with E-state index in [1.54, 1.807) is 0 Å². The Kier molecular flexibility index (Phi) is 1.92. The summed E-state index contributed by atoms with van der Waals surface area (Å²) < 4.78 is 0. The SMILES string of the molecule is NC(N)=NCC1CCC1. The zero-order valence-corrected chi connectivity index (χ0v) is 5.51. The fourth-order valence-corrected chi connectivity index (χ4v) is 0.910. The molecule has 0 atom stereocenters. The molecular formula is C6H13N3. The van der Waals surface area contributed by atoms with Crippen molar-refractivity contribution >= 4 is 5.96 Å². The molecule has 1 saturated carbocycles. The maximum atomic E-state index is 5.15. The van der Waals surface area contributed by atoms with Crippen LogP contribution in [0.1, 0.15) is 19.3 Å². The zero-order chi connectivity index (χ0) is 6.69. The van der Waals surface area contributed by atoms with Crippen molar-refractivity contribution in [3.63, 3.8) is 0 Å². The predicted octanol–water partition coefficient (Wildman–Crippen LogP) is 0.0599. The molecule has 1 aliphatic carbocycles. The predicted molar refractivity (Wildman–Crippen MR) is 38.0 cm³/mol. The lowest BCUT2D eigenvalue weighted by atomic mass is 9.86. The Morgan fingerprint density at radius 2 is 2.11 bits per heavy atom. The van der Waals surface area contributed by atoms with Crippen molar-refractivity contribution in [1.29, 1.82) is 0 Å². The van der Waals surface area contributed by atoms with Crippen LogP contribution in [0.2, 0.25) is 0 Å². The molecule has 9 heavy (non-hydrogen) atoms. The van der Waals surface area contributed by atoms with Gasteiger partial charge in [0.25, 0.3) is 0 Å². The van der Waals surface area contributed by atoms with Crippen LogP contribution < -0.4 is 11.5 Å². The van der Waals surface area contributed by atoms with Crippen LogP contribution in [0.5, 0.6) is 0 Å². The van der Waals surface area contributed by atoms with Gasteiger partial charge in [-0.3, -0.25) is 4.99 Å². The van der Waals surface area contributed by atoms with Gasteiger partial charge in [-0.2, -0.15) is 0 Å². The van der Waals surface area contributed by atoms with Gasteiger partial charge in [0.05, 0.1) is 0 Å². The second-order valence-corrected chi connectivity index (χ2v) is 2.56. The molecule has 3 nitrogen and oxygen atoms in total. The normalized spacial score (nSPS) is 18.7. The number of nitrogens with zero attached hydrogens (tertiary/aromatic N) is 1. The van der Waals surface area contributed by atoms with Gasteiger partial charge in [-0.15, -0.1) is 0 Å². The molecule has 1 aliphatic rings. The molecule has 0 aromatic rings. The van der Waals surface area contributed by atoms with Crippen molar-refractivity contribution in [3.05, 3.63) is 0 Å². The van der Waals surface area contributed by atoms with Crippen LogP contribution >= 0.6 is 0 Å². The second-order valence-electron chi connectivity index (χ2n) is 2.56. The summed E-state index contributed by atoms with van der Waals surface area (Å²) in [6.07, 6.45) is 3.96. The molecule has 0 aromatic heterocycles. The van der Waals surface area contributed by atoms with Gasteiger partial charge in [-0.25, -0.2) is 0 Å². The molecule has 0 amide bonds. The highest BCUT2D eigenvalue weighted by Crippen LogP contribution is 2.25. The van der Waals surface area contributed by atoms with E-state index >= 15 is 0 Å². The third-order valence-electron chi connectivity index (χ3n) is 1.76. The maximum absolute atomic E-state index is 5.15. The van der Waals surface area contributed by atoms with Crippen LogP contribution in [-0.4, -0.2) is 12.5 Å². The summed E-state index contributed by atoms with van der Waals surface area (Å²) >= 11 is 0. The van der Waals surface area contributed by atoms with Gasteiger partial charge in [-0.05, 0) is 18.8 Å². The van der Waals surface area contributed by atoms with Crippen molar-refractivity contribution in [1.82, 2.24) is 0 Å². The topological polar surface area (TPSA) is 64.4 Å². The Balaban J connectivity index is 2.10. The third-order valence-corrected chi connectivity index (χ3v) is 1.76. The van der Waals surface area contributed by atoms with E-state index in [1.165, 1.54) is 19.3 Å². The molecule has 3 heteroatoms. The van der Waals surface area contributed by atoms with Crippen LogP contribution in [-0.2, 0) is 0 Å². The first kappa shape index (κ1) is 6.39. The van der Waals surface area contributed by atoms with E-state index in [1.807, 2.05) is 0 Å². The lowest BCUT2D eigenvalue weighted by Gasteiger charge is -2.22. The van der Waals surface area contributed by atoms with Crippen LogP contribution in [0.15, 0.2) is 4.99 Å². The summed E-state index contributed by atoms with van der Waals surface area (Å²) in [4.78, 5) is 3.92. The molecule has 0 heterocycles. The van der Waals surface area contributed by atoms with E-state index in [-0.39, 0.29) is 5.96 Å². The Morgan fingerprint density at radius 3 is 2.44 bits per heavy atom. The fourth-order valence-electron chi connectivity index (χ4n) is 0.910. The Hall–Kier alpha value is -0.730. The molecule has 0 spiro atoms. The molecule has 52 valence electrons. The molecule has 0 bridgehead atoms. The molecule has 0 aliphatic heterocycles. The quantitative estimate of drug-likeness (QED) is 0.407. The number of rotatable bonds is 2. The van der Waals surface area contributed by atoms with Crippen molar-refractivity contribution in [2.75, 3.05) is 6.54 Å². The van der Waals surface area contributed by atoms with Crippen molar-refractivity contribution in [2.45, 2.75) is 19.3 Å². The molecule has 0 saturated heterocycles. The molecule has 1 rings (SSSR count). The highest BCUT2D eigenvalue weighted by atomic mass is 15.0. The van der Waals surface area contributed by atoms with E-state index in [2.05, 4.69) is 4.99 Å². The fraction of sp³-hybridized carbons (Fsp3) is 0.833. The number of hydrogen-bond acceptors (Lipinski definition) is 1. The van der Waals surface area contributed by atoms with Crippen molar-refractivity contribution in [2.24, 2.45) is 22.4 Å². The van der Waals surface area contributed by atoms with Gasteiger partial charge >= 0.3 is 0 Å². The van der Waals surface area contributed by atoms with Gasteiger partial charge in [0.1, 0.15) is 0 Å². The van der Waals surface area contributed by atoms with E-state index in [0.29, 0.717) is 0 Å². The summed E-state index contributed by atoms with van der Waals surface area (Å²) in [7, 11) is 0. The molecule has 0 unspecified atom stereocenters. The lowest BCUT2D eigenvalue weighted by Crippen LogP contribution is -2.25. The van der Waals surface area contributed by atoms with Crippen LogP contribution in [0.4, 0.5) is 0 Å². The Bertz CT molecular complexity index is 111. The minimum atomic E-state index is 0.224. The summed E-state index contributed by atoms with van der Waals surface area (Å²) in [6.45, 7) is 0.836. The third kappa shape index (κ3) is 1.91. The number of guanidine groups is 1. The molecule has 0 aromatic carbocycles. The van der Waals surface area contributed by atoms with Crippen LogP contribution in [0.3, 0.4) is 0 Å². The molecule has 0 radical (unpaired) electrons. The van der Waals surface area contributed by atoms with E-state index in [0.717, 1.165) is 12.5 Å². The van der Waals surface area contributed by atoms with Gasteiger partial charge in [0.15, 0.2) is 5.96 Å².